The van der Waals surface area contributed by atoms with E-state index in [-0.39, 0.29) is 12.0 Å². The minimum atomic E-state index is 0.0810. The fraction of sp³-hybridized carbons (Fsp3) is 0.412. The monoisotopic (exact) mass is 350 g/mol. The summed E-state index contributed by atoms with van der Waals surface area (Å²) in [5, 5.41) is 3.41. The quantitative estimate of drug-likeness (QED) is 0.803. The summed E-state index contributed by atoms with van der Waals surface area (Å²) in [5.41, 5.74) is 1.86. The van der Waals surface area contributed by atoms with E-state index in [1.807, 2.05) is 36.6 Å². The minimum absolute atomic E-state index is 0.0810. The lowest BCUT2D eigenvalue weighted by Crippen LogP contribution is -2.37. The lowest BCUT2D eigenvalue weighted by molar-refractivity contribution is -0.118. The largest absolute Gasteiger partial charge is 0.376 e. The first kappa shape index (κ1) is 16.4. The van der Waals surface area contributed by atoms with Gasteiger partial charge in [0.25, 0.3) is 0 Å². The van der Waals surface area contributed by atoms with Crippen molar-refractivity contribution in [1.82, 2.24) is 4.98 Å². The molecule has 2 heterocycles. The van der Waals surface area contributed by atoms with Crippen LogP contribution in [0.25, 0.3) is 11.3 Å². The van der Waals surface area contributed by atoms with Crippen LogP contribution in [0, 0.1) is 0 Å². The molecule has 0 saturated carbocycles. The van der Waals surface area contributed by atoms with Gasteiger partial charge < -0.3 is 4.74 Å². The Morgan fingerprint density at radius 3 is 2.87 bits per heavy atom. The van der Waals surface area contributed by atoms with E-state index in [9.17, 15) is 4.79 Å². The summed E-state index contributed by atoms with van der Waals surface area (Å²) in [6.07, 6.45) is 2.64. The average molecular weight is 351 g/mol. The van der Waals surface area contributed by atoms with E-state index >= 15 is 0 Å². The number of carbonyl (C=O) groups excluding carboxylic acids is 1. The predicted molar refractivity (Wildman–Crippen MR) is 94.2 cm³/mol. The van der Waals surface area contributed by atoms with Gasteiger partial charge in [-0.15, -0.1) is 11.3 Å². The van der Waals surface area contributed by atoms with Crippen molar-refractivity contribution < 1.29 is 9.53 Å². The van der Waals surface area contributed by atoms with E-state index in [1.165, 1.54) is 11.3 Å². The van der Waals surface area contributed by atoms with Gasteiger partial charge in [-0.2, -0.15) is 0 Å². The molecule has 4 nitrogen and oxygen atoms in total. The summed E-state index contributed by atoms with van der Waals surface area (Å²) < 4.78 is 5.67. The number of hydrogen-bond acceptors (Lipinski definition) is 4. The first-order chi connectivity index (χ1) is 11.2. The fourth-order valence-electron chi connectivity index (χ4n) is 2.61. The fourth-order valence-corrected chi connectivity index (χ4v) is 3.60. The number of carbonyl (C=O) groups is 1. The van der Waals surface area contributed by atoms with Crippen molar-refractivity contribution >= 4 is 34.0 Å². The van der Waals surface area contributed by atoms with Crippen LogP contribution in [0.2, 0.25) is 5.02 Å². The van der Waals surface area contributed by atoms with E-state index in [4.69, 9.17) is 16.3 Å². The Bertz CT molecular complexity index is 665. The molecule has 0 N–H and O–H groups in total. The van der Waals surface area contributed by atoms with Gasteiger partial charge in [-0.05, 0) is 25.0 Å². The van der Waals surface area contributed by atoms with Crippen LogP contribution in [0.5, 0.6) is 0 Å². The van der Waals surface area contributed by atoms with Gasteiger partial charge in [0.05, 0.1) is 18.3 Å². The van der Waals surface area contributed by atoms with Gasteiger partial charge in [0.2, 0.25) is 5.91 Å². The van der Waals surface area contributed by atoms with Crippen molar-refractivity contribution in [2.75, 3.05) is 18.1 Å². The van der Waals surface area contributed by atoms with Gasteiger partial charge in [-0.25, -0.2) is 4.98 Å². The summed E-state index contributed by atoms with van der Waals surface area (Å²) in [4.78, 5) is 18.7. The standard InChI is InChI=1S/C17H19ClN2O2S/c1-2-16(21)20(10-14-4-3-9-22-14)17-19-15(11-23-17)12-5-7-13(18)8-6-12/h5-8,11,14H,2-4,9-10H2,1H3/t14-/m0/s1. The van der Waals surface area contributed by atoms with Crippen molar-refractivity contribution in [3.63, 3.8) is 0 Å². The molecule has 0 bridgehead atoms. The van der Waals surface area contributed by atoms with Crippen molar-refractivity contribution in [3.8, 4) is 11.3 Å². The van der Waals surface area contributed by atoms with Crippen LogP contribution in [-0.4, -0.2) is 30.1 Å². The smallest absolute Gasteiger partial charge is 0.228 e. The molecule has 0 unspecified atom stereocenters. The normalized spacial score (nSPS) is 17.4. The molecule has 1 amide bonds. The lowest BCUT2D eigenvalue weighted by Gasteiger charge is -2.22. The Morgan fingerprint density at radius 1 is 1.43 bits per heavy atom. The Labute approximate surface area is 145 Å². The number of halogens is 1. The molecule has 1 atom stereocenters. The van der Waals surface area contributed by atoms with Gasteiger partial charge in [0.1, 0.15) is 0 Å². The van der Waals surface area contributed by atoms with E-state index in [2.05, 4.69) is 4.98 Å². The Hall–Kier alpha value is -1.43. The van der Waals surface area contributed by atoms with Crippen LogP contribution >= 0.6 is 22.9 Å². The number of hydrogen-bond donors (Lipinski definition) is 0. The van der Waals surface area contributed by atoms with Crippen LogP contribution in [0.3, 0.4) is 0 Å². The zero-order valence-electron chi connectivity index (χ0n) is 13.0. The molecule has 2 aromatic rings. The number of thiazole rings is 1. The number of nitrogens with zero attached hydrogens (tertiary/aromatic N) is 2. The SMILES string of the molecule is CCC(=O)N(C[C@@H]1CCCO1)c1nc(-c2ccc(Cl)cc2)cs1. The van der Waals surface area contributed by atoms with Crippen molar-refractivity contribution in [2.24, 2.45) is 0 Å². The Morgan fingerprint density at radius 2 is 2.22 bits per heavy atom. The molecule has 0 radical (unpaired) electrons. The molecule has 0 spiro atoms. The van der Waals surface area contributed by atoms with Crippen LogP contribution in [-0.2, 0) is 9.53 Å². The highest BCUT2D eigenvalue weighted by Crippen LogP contribution is 2.29. The summed E-state index contributed by atoms with van der Waals surface area (Å²) in [7, 11) is 0. The van der Waals surface area contributed by atoms with Crippen molar-refractivity contribution in [1.29, 1.82) is 0 Å². The third-order valence-corrected chi connectivity index (χ3v) is 4.99. The second-order valence-corrected chi connectivity index (χ2v) is 6.79. The predicted octanol–water partition coefficient (Wildman–Crippen LogP) is 4.39. The van der Waals surface area contributed by atoms with Crippen LogP contribution in [0.4, 0.5) is 5.13 Å². The van der Waals surface area contributed by atoms with E-state index in [0.29, 0.717) is 18.0 Å². The molecule has 23 heavy (non-hydrogen) atoms. The number of benzene rings is 1. The van der Waals surface area contributed by atoms with Crippen LogP contribution in [0.1, 0.15) is 26.2 Å². The first-order valence-corrected chi connectivity index (χ1v) is 9.06. The molecule has 1 aliphatic heterocycles. The van der Waals surface area contributed by atoms with Gasteiger partial charge in [-0.3, -0.25) is 9.69 Å². The molecule has 122 valence electrons. The summed E-state index contributed by atoms with van der Waals surface area (Å²) in [6.45, 7) is 3.24. The molecule has 0 aliphatic carbocycles. The first-order valence-electron chi connectivity index (χ1n) is 7.81. The lowest BCUT2D eigenvalue weighted by atomic mass is 10.2. The zero-order valence-corrected chi connectivity index (χ0v) is 14.6. The topological polar surface area (TPSA) is 42.4 Å². The number of ether oxygens (including phenoxy) is 1. The molecule has 1 aromatic heterocycles. The molecular weight excluding hydrogens is 332 g/mol. The summed E-state index contributed by atoms with van der Waals surface area (Å²) in [6, 6.07) is 7.56. The summed E-state index contributed by atoms with van der Waals surface area (Å²) >= 11 is 7.41. The Balaban J connectivity index is 1.81. The maximum Gasteiger partial charge on any atom is 0.228 e. The maximum absolute atomic E-state index is 12.3. The van der Waals surface area contributed by atoms with Gasteiger partial charge in [-0.1, -0.05) is 30.7 Å². The highest BCUT2D eigenvalue weighted by molar-refractivity contribution is 7.14. The van der Waals surface area contributed by atoms with E-state index in [1.54, 1.807) is 4.90 Å². The van der Waals surface area contributed by atoms with Crippen molar-refractivity contribution in [3.05, 3.63) is 34.7 Å². The zero-order chi connectivity index (χ0) is 16.2. The summed E-state index contributed by atoms with van der Waals surface area (Å²) in [5.74, 6) is 0.0810. The highest BCUT2D eigenvalue weighted by atomic mass is 35.5. The van der Waals surface area contributed by atoms with Gasteiger partial charge in [0, 0.05) is 29.0 Å². The van der Waals surface area contributed by atoms with Gasteiger partial charge in [0.15, 0.2) is 5.13 Å². The number of aromatic nitrogens is 1. The number of anilines is 1. The second kappa shape index (κ2) is 7.43. The number of rotatable bonds is 5. The van der Waals surface area contributed by atoms with Crippen LogP contribution in [0.15, 0.2) is 29.6 Å². The minimum Gasteiger partial charge on any atom is -0.376 e. The number of amides is 1. The average Bonchev–Trinajstić information content (AvgIpc) is 3.24. The third-order valence-electron chi connectivity index (χ3n) is 3.88. The van der Waals surface area contributed by atoms with Crippen LogP contribution < -0.4 is 4.90 Å². The molecule has 3 rings (SSSR count). The molecule has 1 aliphatic rings. The van der Waals surface area contributed by atoms with E-state index < -0.39 is 0 Å². The molecule has 1 fully saturated rings. The van der Waals surface area contributed by atoms with Crippen molar-refractivity contribution in [2.45, 2.75) is 32.3 Å². The Kier molecular flexibility index (Phi) is 5.30. The maximum atomic E-state index is 12.3. The molecule has 1 aromatic carbocycles. The molecule has 1 saturated heterocycles. The third kappa shape index (κ3) is 3.91. The van der Waals surface area contributed by atoms with Gasteiger partial charge >= 0.3 is 0 Å². The molecule has 6 heteroatoms. The molecular formula is C17H19ClN2O2S. The van der Waals surface area contributed by atoms with E-state index in [0.717, 1.165) is 35.8 Å². The second-order valence-electron chi connectivity index (χ2n) is 5.52. The highest BCUT2D eigenvalue weighted by Gasteiger charge is 2.25.